The third kappa shape index (κ3) is 3.48. The van der Waals surface area contributed by atoms with Crippen LogP contribution >= 0.6 is 0 Å². The topological polar surface area (TPSA) is 75.5 Å². The van der Waals surface area contributed by atoms with Gasteiger partial charge in [-0.05, 0) is 30.7 Å². The lowest BCUT2D eigenvalue weighted by molar-refractivity contribution is -0.384. The number of amides is 1. The Balaban J connectivity index is 1.59. The van der Waals surface area contributed by atoms with Crippen LogP contribution in [0.1, 0.15) is 16.8 Å². The Morgan fingerprint density at radius 3 is 2.48 bits per heavy atom. The SMILES string of the molecule is O=C(N[C@H]1CCN(c2ccccc2)C1)c1ccc([N+](=O)[O-])cc1. The number of nitro groups is 1. The number of non-ortho nitro benzene ring substituents is 1. The second-order valence-corrected chi connectivity index (χ2v) is 5.54. The summed E-state index contributed by atoms with van der Waals surface area (Å²) in [5.41, 5.74) is 1.58. The van der Waals surface area contributed by atoms with Crippen LogP contribution in [0.3, 0.4) is 0 Å². The summed E-state index contributed by atoms with van der Waals surface area (Å²) in [5.74, 6) is -0.195. The molecular weight excluding hydrogens is 294 g/mol. The smallest absolute Gasteiger partial charge is 0.269 e. The number of hydrogen-bond acceptors (Lipinski definition) is 4. The molecule has 0 saturated carbocycles. The van der Waals surface area contributed by atoms with Gasteiger partial charge < -0.3 is 10.2 Å². The van der Waals surface area contributed by atoms with E-state index in [1.165, 1.54) is 24.3 Å². The number of benzene rings is 2. The number of nitrogens with zero attached hydrogens (tertiary/aromatic N) is 2. The van der Waals surface area contributed by atoms with Crippen molar-refractivity contribution < 1.29 is 9.72 Å². The Labute approximate surface area is 133 Å². The molecule has 0 radical (unpaired) electrons. The second-order valence-electron chi connectivity index (χ2n) is 5.54. The van der Waals surface area contributed by atoms with Crippen molar-refractivity contribution in [3.05, 3.63) is 70.3 Å². The molecule has 1 N–H and O–H groups in total. The summed E-state index contributed by atoms with van der Waals surface area (Å²) < 4.78 is 0. The zero-order valence-corrected chi connectivity index (χ0v) is 12.5. The first-order valence-electron chi connectivity index (χ1n) is 7.49. The Kier molecular flexibility index (Phi) is 4.23. The number of hydrogen-bond donors (Lipinski definition) is 1. The van der Waals surface area contributed by atoms with Crippen molar-refractivity contribution >= 4 is 17.3 Å². The molecule has 0 spiro atoms. The fourth-order valence-corrected chi connectivity index (χ4v) is 2.75. The van der Waals surface area contributed by atoms with E-state index < -0.39 is 4.92 Å². The van der Waals surface area contributed by atoms with Gasteiger partial charge in [-0.3, -0.25) is 14.9 Å². The van der Waals surface area contributed by atoms with Crippen molar-refractivity contribution in [1.82, 2.24) is 5.32 Å². The third-order valence-corrected chi connectivity index (χ3v) is 3.99. The highest BCUT2D eigenvalue weighted by Gasteiger charge is 2.24. The van der Waals surface area contributed by atoms with Gasteiger partial charge in [0, 0.05) is 42.5 Å². The highest BCUT2D eigenvalue weighted by Crippen LogP contribution is 2.20. The van der Waals surface area contributed by atoms with Crippen LogP contribution in [0, 0.1) is 10.1 Å². The van der Waals surface area contributed by atoms with E-state index in [1.54, 1.807) is 0 Å². The van der Waals surface area contributed by atoms with Gasteiger partial charge in [0.05, 0.1) is 4.92 Å². The van der Waals surface area contributed by atoms with Gasteiger partial charge in [0.1, 0.15) is 0 Å². The number of carbonyl (C=O) groups excluding carboxylic acids is 1. The van der Waals surface area contributed by atoms with E-state index in [4.69, 9.17) is 0 Å². The molecule has 6 heteroatoms. The average molecular weight is 311 g/mol. The minimum atomic E-state index is -0.476. The van der Waals surface area contributed by atoms with Gasteiger partial charge in [-0.25, -0.2) is 0 Å². The molecule has 3 rings (SSSR count). The van der Waals surface area contributed by atoms with Gasteiger partial charge in [-0.2, -0.15) is 0 Å². The highest BCUT2D eigenvalue weighted by molar-refractivity contribution is 5.94. The van der Waals surface area contributed by atoms with Crippen molar-refractivity contribution in [2.24, 2.45) is 0 Å². The predicted molar refractivity (Wildman–Crippen MR) is 87.6 cm³/mol. The molecule has 6 nitrogen and oxygen atoms in total. The lowest BCUT2D eigenvalue weighted by Gasteiger charge is -2.19. The summed E-state index contributed by atoms with van der Waals surface area (Å²) in [4.78, 5) is 24.6. The number of carbonyl (C=O) groups is 1. The molecule has 1 fully saturated rings. The van der Waals surface area contributed by atoms with Gasteiger partial charge in [0.15, 0.2) is 0 Å². The number of rotatable bonds is 4. The lowest BCUT2D eigenvalue weighted by Crippen LogP contribution is -2.37. The first-order valence-corrected chi connectivity index (χ1v) is 7.49. The summed E-state index contributed by atoms with van der Waals surface area (Å²) in [5, 5.41) is 13.6. The first-order chi connectivity index (χ1) is 11.1. The molecule has 0 unspecified atom stereocenters. The quantitative estimate of drug-likeness (QED) is 0.695. The summed E-state index contributed by atoms with van der Waals surface area (Å²) in [6, 6.07) is 15.8. The summed E-state index contributed by atoms with van der Waals surface area (Å²) in [6.45, 7) is 1.66. The fraction of sp³-hybridized carbons (Fsp3) is 0.235. The molecule has 1 aliphatic rings. The van der Waals surface area contributed by atoms with Gasteiger partial charge in [-0.15, -0.1) is 0 Å². The Hall–Kier alpha value is -2.89. The van der Waals surface area contributed by atoms with Gasteiger partial charge in [0.2, 0.25) is 0 Å². The van der Waals surface area contributed by atoms with Crippen molar-refractivity contribution in [1.29, 1.82) is 0 Å². The molecule has 0 bridgehead atoms. The maximum Gasteiger partial charge on any atom is 0.269 e. The largest absolute Gasteiger partial charge is 0.369 e. The van der Waals surface area contributed by atoms with Crippen LogP contribution in [0.4, 0.5) is 11.4 Å². The average Bonchev–Trinajstić information content (AvgIpc) is 3.04. The van der Waals surface area contributed by atoms with E-state index in [0.717, 1.165) is 25.2 Å². The number of para-hydroxylation sites is 1. The van der Waals surface area contributed by atoms with E-state index >= 15 is 0 Å². The van der Waals surface area contributed by atoms with Crippen LogP contribution in [0.15, 0.2) is 54.6 Å². The number of anilines is 1. The van der Waals surface area contributed by atoms with Crippen molar-refractivity contribution in [3.8, 4) is 0 Å². The molecule has 1 saturated heterocycles. The van der Waals surface area contributed by atoms with Crippen molar-refractivity contribution in [2.75, 3.05) is 18.0 Å². The lowest BCUT2D eigenvalue weighted by atomic mass is 10.1. The van der Waals surface area contributed by atoms with Crippen LogP contribution in [-0.4, -0.2) is 30.0 Å². The third-order valence-electron chi connectivity index (χ3n) is 3.99. The van der Waals surface area contributed by atoms with E-state index in [2.05, 4.69) is 22.3 Å². The monoisotopic (exact) mass is 311 g/mol. The molecule has 0 aromatic heterocycles. The molecule has 23 heavy (non-hydrogen) atoms. The summed E-state index contributed by atoms with van der Waals surface area (Å²) in [7, 11) is 0. The maximum atomic E-state index is 12.2. The van der Waals surface area contributed by atoms with Crippen LogP contribution < -0.4 is 10.2 Å². The normalized spacial score (nSPS) is 17.0. The molecule has 118 valence electrons. The second kappa shape index (κ2) is 6.48. The zero-order chi connectivity index (χ0) is 16.2. The molecule has 1 aliphatic heterocycles. The van der Waals surface area contributed by atoms with Crippen LogP contribution in [0.25, 0.3) is 0 Å². The molecule has 2 aromatic rings. The molecule has 1 amide bonds. The van der Waals surface area contributed by atoms with Gasteiger partial charge in [-0.1, -0.05) is 18.2 Å². The minimum Gasteiger partial charge on any atom is -0.369 e. The summed E-state index contributed by atoms with van der Waals surface area (Å²) >= 11 is 0. The highest BCUT2D eigenvalue weighted by atomic mass is 16.6. The number of nitrogens with one attached hydrogen (secondary N) is 1. The van der Waals surface area contributed by atoms with Crippen LogP contribution in [-0.2, 0) is 0 Å². The Bertz CT molecular complexity index is 701. The van der Waals surface area contributed by atoms with Crippen LogP contribution in [0.5, 0.6) is 0 Å². The Morgan fingerprint density at radius 1 is 1.13 bits per heavy atom. The van der Waals surface area contributed by atoms with Gasteiger partial charge >= 0.3 is 0 Å². The number of nitro benzene ring substituents is 1. The van der Waals surface area contributed by atoms with Crippen LogP contribution in [0.2, 0.25) is 0 Å². The van der Waals surface area contributed by atoms with Gasteiger partial charge in [0.25, 0.3) is 11.6 Å². The fourth-order valence-electron chi connectivity index (χ4n) is 2.75. The molecule has 0 aliphatic carbocycles. The molecule has 1 heterocycles. The summed E-state index contributed by atoms with van der Waals surface area (Å²) in [6.07, 6.45) is 0.883. The van der Waals surface area contributed by atoms with E-state index in [-0.39, 0.29) is 17.6 Å². The minimum absolute atomic E-state index is 0.0160. The van der Waals surface area contributed by atoms with Crippen molar-refractivity contribution in [3.63, 3.8) is 0 Å². The predicted octanol–water partition coefficient (Wildman–Crippen LogP) is 2.60. The zero-order valence-electron chi connectivity index (χ0n) is 12.5. The molecular formula is C17H17N3O3. The van der Waals surface area contributed by atoms with E-state index in [1.807, 2.05) is 18.2 Å². The van der Waals surface area contributed by atoms with Crippen molar-refractivity contribution in [2.45, 2.75) is 12.5 Å². The maximum absolute atomic E-state index is 12.2. The van der Waals surface area contributed by atoms with E-state index in [9.17, 15) is 14.9 Å². The Morgan fingerprint density at radius 2 is 1.83 bits per heavy atom. The standard InChI is InChI=1S/C17H17N3O3/c21-17(13-6-8-16(9-7-13)20(22)23)18-14-10-11-19(12-14)15-4-2-1-3-5-15/h1-9,14H,10-12H2,(H,18,21)/t14-/m0/s1. The first kappa shape index (κ1) is 15.0. The molecule has 1 atom stereocenters. The molecule has 2 aromatic carbocycles. The van der Waals surface area contributed by atoms with E-state index in [0.29, 0.717) is 5.56 Å².